The number of nitrogens with zero attached hydrogens (tertiary/aromatic N) is 3. The van der Waals surface area contributed by atoms with Crippen molar-refractivity contribution in [2.24, 2.45) is 18.2 Å². The number of ketones is 1. The predicted octanol–water partition coefficient (Wildman–Crippen LogP) is 0.446. The molecule has 0 spiro atoms. The molecule has 0 unspecified atom stereocenters. The van der Waals surface area contributed by atoms with E-state index in [0.29, 0.717) is 19.4 Å². The quantitative estimate of drug-likeness (QED) is 0.784. The number of carbonyl (C=O) groups excluding carboxylic acids is 1. The Morgan fingerprint density at radius 1 is 1.62 bits per heavy atom. The summed E-state index contributed by atoms with van der Waals surface area (Å²) < 4.78 is 1.62. The van der Waals surface area contributed by atoms with Gasteiger partial charge in [-0.15, -0.1) is 5.10 Å². The van der Waals surface area contributed by atoms with E-state index >= 15 is 0 Å². The molecule has 2 N–H and O–H groups in total. The molecule has 1 aromatic rings. The minimum Gasteiger partial charge on any atom is -0.330 e. The SMILES string of the molecule is Cn1cc(CC(=O)CC2(CN)CCC2)nn1. The van der Waals surface area contributed by atoms with Crippen molar-refractivity contribution in [3.8, 4) is 0 Å². The van der Waals surface area contributed by atoms with Gasteiger partial charge in [0.25, 0.3) is 0 Å². The Labute approximate surface area is 95.0 Å². The van der Waals surface area contributed by atoms with Gasteiger partial charge in [-0.3, -0.25) is 9.48 Å². The Morgan fingerprint density at radius 3 is 2.81 bits per heavy atom. The molecular weight excluding hydrogens is 204 g/mol. The van der Waals surface area contributed by atoms with Gasteiger partial charge in [0.05, 0.1) is 12.1 Å². The van der Waals surface area contributed by atoms with Crippen LogP contribution in [0.5, 0.6) is 0 Å². The van der Waals surface area contributed by atoms with Crippen LogP contribution >= 0.6 is 0 Å². The van der Waals surface area contributed by atoms with Crippen LogP contribution in [0.2, 0.25) is 0 Å². The number of aromatic nitrogens is 3. The van der Waals surface area contributed by atoms with E-state index < -0.39 is 0 Å². The maximum atomic E-state index is 11.9. The molecule has 0 amide bonds. The van der Waals surface area contributed by atoms with Gasteiger partial charge in [0, 0.05) is 19.7 Å². The van der Waals surface area contributed by atoms with Crippen LogP contribution in [-0.2, 0) is 18.3 Å². The largest absolute Gasteiger partial charge is 0.330 e. The second-order valence-corrected chi connectivity index (χ2v) is 4.83. The van der Waals surface area contributed by atoms with Gasteiger partial charge in [0.15, 0.2) is 0 Å². The van der Waals surface area contributed by atoms with Crippen LogP contribution in [-0.4, -0.2) is 27.3 Å². The zero-order valence-electron chi connectivity index (χ0n) is 9.65. The number of hydrogen-bond donors (Lipinski definition) is 1. The molecule has 0 aliphatic heterocycles. The van der Waals surface area contributed by atoms with Crippen LogP contribution < -0.4 is 5.73 Å². The Morgan fingerprint density at radius 2 is 2.38 bits per heavy atom. The van der Waals surface area contributed by atoms with Gasteiger partial charge >= 0.3 is 0 Å². The molecule has 88 valence electrons. The van der Waals surface area contributed by atoms with Crippen LogP contribution in [0.3, 0.4) is 0 Å². The lowest BCUT2D eigenvalue weighted by Gasteiger charge is -2.40. The predicted molar refractivity (Wildman–Crippen MR) is 59.7 cm³/mol. The summed E-state index contributed by atoms with van der Waals surface area (Å²) >= 11 is 0. The Hall–Kier alpha value is -1.23. The van der Waals surface area contributed by atoms with E-state index in [9.17, 15) is 4.79 Å². The molecule has 0 bridgehead atoms. The maximum Gasteiger partial charge on any atom is 0.139 e. The summed E-state index contributed by atoms with van der Waals surface area (Å²) in [6, 6.07) is 0. The first-order valence-electron chi connectivity index (χ1n) is 5.70. The molecule has 1 aromatic heterocycles. The third-order valence-electron chi connectivity index (χ3n) is 3.45. The number of Topliss-reactive ketones (excluding diaryl/α,β-unsaturated/α-hetero) is 1. The maximum absolute atomic E-state index is 11.9. The van der Waals surface area contributed by atoms with Gasteiger partial charge < -0.3 is 5.73 Å². The van der Waals surface area contributed by atoms with E-state index in [4.69, 9.17) is 5.73 Å². The first-order valence-corrected chi connectivity index (χ1v) is 5.70. The summed E-state index contributed by atoms with van der Waals surface area (Å²) in [5.74, 6) is 0.227. The molecule has 1 heterocycles. The Balaban J connectivity index is 1.89. The van der Waals surface area contributed by atoms with E-state index in [0.717, 1.165) is 18.5 Å². The van der Waals surface area contributed by atoms with Gasteiger partial charge in [-0.25, -0.2) is 0 Å². The second kappa shape index (κ2) is 4.33. The highest BCUT2D eigenvalue weighted by atomic mass is 16.1. The molecular formula is C11H18N4O. The topological polar surface area (TPSA) is 73.8 Å². The van der Waals surface area contributed by atoms with Gasteiger partial charge in [0.2, 0.25) is 0 Å². The fraction of sp³-hybridized carbons (Fsp3) is 0.727. The molecule has 0 atom stereocenters. The van der Waals surface area contributed by atoms with Gasteiger partial charge in [-0.05, 0) is 24.8 Å². The van der Waals surface area contributed by atoms with E-state index in [1.54, 1.807) is 17.9 Å². The third-order valence-corrected chi connectivity index (χ3v) is 3.45. The lowest BCUT2D eigenvalue weighted by molar-refractivity contribution is -0.122. The lowest BCUT2D eigenvalue weighted by atomic mass is 9.66. The number of rotatable bonds is 5. The average Bonchev–Trinajstić information content (AvgIpc) is 2.57. The van der Waals surface area contributed by atoms with E-state index in [1.807, 2.05) is 0 Å². The molecule has 0 radical (unpaired) electrons. The fourth-order valence-electron chi connectivity index (χ4n) is 2.29. The molecule has 16 heavy (non-hydrogen) atoms. The van der Waals surface area contributed by atoms with Crippen LogP contribution in [0.1, 0.15) is 31.4 Å². The van der Waals surface area contributed by atoms with Crippen molar-refractivity contribution in [3.05, 3.63) is 11.9 Å². The van der Waals surface area contributed by atoms with Crippen LogP contribution in [0.25, 0.3) is 0 Å². The second-order valence-electron chi connectivity index (χ2n) is 4.83. The van der Waals surface area contributed by atoms with Crippen LogP contribution in [0, 0.1) is 5.41 Å². The number of nitrogens with two attached hydrogens (primary N) is 1. The Bertz CT molecular complexity index is 376. The minimum absolute atomic E-state index is 0.0965. The smallest absolute Gasteiger partial charge is 0.139 e. The zero-order chi connectivity index (χ0) is 11.6. The standard InChI is InChI=1S/C11H18N4O/c1-15-7-9(13-14-15)5-10(16)6-11(8-12)3-2-4-11/h7H,2-6,8,12H2,1H3. The average molecular weight is 222 g/mol. The molecule has 1 saturated carbocycles. The molecule has 5 nitrogen and oxygen atoms in total. The van der Waals surface area contributed by atoms with Gasteiger partial charge in [0.1, 0.15) is 5.78 Å². The molecule has 2 rings (SSSR count). The van der Waals surface area contributed by atoms with Crippen molar-refractivity contribution in [1.82, 2.24) is 15.0 Å². The summed E-state index contributed by atoms with van der Waals surface area (Å²) in [5.41, 5.74) is 6.58. The highest BCUT2D eigenvalue weighted by Crippen LogP contribution is 2.43. The third kappa shape index (κ3) is 2.29. The number of aryl methyl sites for hydroxylation is 1. The molecule has 0 aromatic carbocycles. The highest BCUT2D eigenvalue weighted by Gasteiger charge is 2.37. The first kappa shape index (κ1) is 11.3. The van der Waals surface area contributed by atoms with Crippen molar-refractivity contribution in [2.45, 2.75) is 32.1 Å². The molecule has 0 saturated heterocycles. The van der Waals surface area contributed by atoms with Crippen molar-refractivity contribution in [3.63, 3.8) is 0 Å². The molecule has 1 fully saturated rings. The van der Waals surface area contributed by atoms with Crippen molar-refractivity contribution in [1.29, 1.82) is 0 Å². The summed E-state index contributed by atoms with van der Waals surface area (Å²) in [6.45, 7) is 0.624. The number of carbonyl (C=O) groups is 1. The van der Waals surface area contributed by atoms with Crippen molar-refractivity contribution < 1.29 is 4.79 Å². The normalized spacial score (nSPS) is 18.1. The minimum atomic E-state index is 0.0965. The summed E-state index contributed by atoms with van der Waals surface area (Å²) in [4.78, 5) is 11.9. The van der Waals surface area contributed by atoms with E-state index in [-0.39, 0.29) is 11.2 Å². The van der Waals surface area contributed by atoms with Gasteiger partial charge in [-0.2, -0.15) is 0 Å². The van der Waals surface area contributed by atoms with Crippen LogP contribution in [0.4, 0.5) is 0 Å². The van der Waals surface area contributed by atoms with Crippen molar-refractivity contribution in [2.75, 3.05) is 6.54 Å². The first-order chi connectivity index (χ1) is 7.63. The molecule has 1 aliphatic carbocycles. The molecule has 5 heteroatoms. The summed E-state index contributed by atoms with van der Waals surface area (Å²) in [6.07, 6.45) is 6.16. The summed E-state index contributed by atoms with van der Waals surface area (Å²) in [5, 5.41) is 7.73. The van der Waals surface area contributed by atoms with Crippen LogP contribution in [0.15, 0.2) is 6.20 Å². The lowest BCUT2D eigenvalue weighted by Crippen LogP contribution is -2.39. The highest BCUT2D eigenvalue weighted by molar-refractivity contribution is 5.81. The van der Waals surface area contributed by atoms with E-state index in [1.165, 1.54) is 6.42 Å². The number of hydrogen-bond acceptors (Lipinski definition) is 4. The summed E-state index contributed by atoms with van der Waals surface area (Å²) in [7, 11) is 1.80. The van der Waals surface area contributed by atoms with Crippen molar-refractivity contribution >= 4 is 5.78 Å². The monoisotopic (exact) mass is 222 g/mol. The van der Waals surface area contributed by atoms with Gasteiger partial charge in [-0.1, -0.05) is 11.6 Å². The Kier molecular flexibility index (Phi) is 3.05. The zero-order valence-corrected chi connectivity index (χ0v) is 9.65. The molecule has 1 aliphatic rings. The van der Waals surface area contributed by atoms with E-state index in [2.05, 4.69) is 10.3 Å². The fourth-order valence-corrected chi connectivity index (χ4v) is 2.29.